The van der Waals surface area contributed by atoms with Gasteiger partial charge in [-0.25, -0.2) is 4.98 Å². The SMILES string of the molecule is Cc1cnc(CN2CCNCC2c2ccccc2)o1.Cl. The third-order valence-corrected chi connectivity index (χ3v) is 3.55. The van der Waals surface area contributed by atoms with Crippen molar-refractivity contribution in [1.29, 1.82) is 0 Å². The molecule has 1 fully saturated rings. The molecule has 1 N–H and O–H groups in total. The molecule has 0 amide bonds. The number of halogens is 1. The van der Waals surface area contributed by atoms with Crippen molar-refractivity contribution < 1.29 is 4.42 Å². The van der Waals surface area contributed by atoms with E-state index in [0.717, 1.165) is 37.8 Å². The Morgan fingerprint density at radius 1 is 1.35 bits per heavy atom. The molecule has 1 aliphatic heterocycles. The molecule has 0 radical (unpaired) electrons. The third-order valence-electron chi connectivity index (χ3n) is 3.55. The Balaban J connectivity index is 0.00000147. The second-order valence-corrected chi connectivity index (χ2v) is 4.97. The van der Waals surface area contributed by atoms with Gasteiger partial charge in [0.2, 0.25) is 5.89 Å². The van der Waals surface area contributed by atoms with Crippen molar-refractivity contribution in [3.05, 3.63) is 53.7 Å². The molecule has 0 saturated carbocycles. The van der Waals surface area contributed by atoms with Gasteiger partial charge in [-0.1, -0.05) is 30.3 Å². The van der Waals surface area contributed by atoms with E-state index in [0.29, 0.717) is 6.04 Å². The molecule has 1 unspecified atom stereocenters. The summed E-state index contributed by atoms with van der Waals surface area (Å²) in [6, 6.07) is 11.0. The summed E-state index contributed by atoms with van der Waals surface area (Å²) in [5, 5.41) is 3.46. The minimum Gasteiger partial charge on any atom is -0.445 e. The zero-order chi connectivity index (χ0) is 13.1. The van der Waals surface area contributed by atoms with E-state index in [1.165, 1.54) is 5.56 Å². The van der Waals surface area contributed by atoms with Crippen LogP contribution >= 0.6 is 12.4 Å². The minimum absolute atomic E-state index is 0. The van der Waals surface area contributed by atoms with Crippen molar-refractivity contribution in [2.24, 2.45) is 0 Å². The molecule has 20 heavy (non-hydrogen) atoms. The van der Waals surface area contributed by atoms with Crippen molar-refractivity contribution in [2.45, 2.75) is 19.5 Å². The van der Waals surface area contributed by atoms with Crippen LogP contribution in [-0.4, -0.2) is 29.5 Å². The Morgan fingerprint density at radius 3 is 2.85 bits per heavy atom. The molecule has 1 aromatic heterocycles. The molecule has 1 aromatic carbocycles. The molecule has 4 nitrogen and oxygen atoms in total. The van der Waals surface area contributed by atoms with E-state index in [9.17, 15) is 0 Å². The number of aryl methyl sites for hydroxylation is 1. The highest BCUT2D eigenvalue weighted by atomic mass is 35.5. The van der Waals surface area contributed by atoms with Crippen molar-refractivity contribution in [1.82, 2.24) is 15.2 Å². The van der Waals surface area contributed by atoms with Gasteiger partial charge >= 0.3 is 0 Å². The lowest BCUT2D eigenvalue weighted by molar-refractivity contribution is 0.139. The smallest absolute Gasteiger partial charge is 0.208 e. The summed E-state index contributed by atoms with van der Waals surface area (Å²) in [4.78, 5) is 6.74. The fourth-order valence-corrected chi connectivity index (χ4v) is 2.59. The van der Waals surface area contributed by atoms with Gasteiger partial charge in [-0.3, -0.25) is 4.90 Å². The Bertz CT molecular complexity index is 529. The Labute approximate surface area is 125 Å². The molecule has 1 saturated heterocycles. The molecule has 1 atom stereocenters. The number of aromatic nitrogens is 1. The van der Waals surface area contributed by atoms with Crippen LogP contribution in [0.25, 0.3) is 0 Å². The molecule has 2 aromatic rings. The highest BCUT2D eigenvalue weighted by Crippen LogP contribution is 2.23. The molecule has 0 bridgehead atoms. The van der Waals surface area contributed by atoms with Gasteiger partial charge in [-0.15, -0.1) is 12.4 Å². The Morgan fingerprint density at radius 2 is 2.15 bits per heavy atom. The van der Waals surface area contributed by atoms with E-state index in [4.69, 9.17) is 4.42 Å². The van der Waals surface area contributed by atoms with Gasteiger partial charge in [0, 0.05) is 25.7 Å². The molecular formula is C15H20ClN3O. The van der Waals surface area contributed by atoms with Gasteiger partial charge < -0.3 is 9.73 Å². The maximum absolute atomic E-state index is 5.60. The number of rotatable bonds is 3. The number of benzene rings is 1. The summed E-state index contributed by atoms with van der Waals surface area (Å²) in [5.41, 5.74) is 1.35. The molecular weight excluding hydrogens is 274 g/mol. The average Bonchev–Trinajstić information content (AvgIpc) is 2.86. The summed E-state index contributed by atoms with van der Waals surface area (Å²) in [6.07, 6.45) is 1.79. The first-order chi connectivity index (χ1) is 9.33. The lowest BCUT2D eigenvalue weighted by atomic mass is 10.0. The largest absolute Gasteiger partial charge is 0.445 e. The van der Waals surface area contributed by atoms with Crippen molar-refractivity contribution in [3.8, 4) is 0 Å². The van der Waals surface area contributed by atoms with Crippen LogP contribution in [0.15, 0.2) is 40.9 Å². The number of hydrogen-bond acceptors (Lipinski definition) is 4. The number of hydrogen-bond donors (Lipinski definition) is 1. The van der Waals surface area contributed by atoms with Gasteiger partial charge in [0.25, 0.3) is 0 Å². The zero-order valence-corrected chi connectivity index (χ0v) is 12.4. The zero-order valence-electron chi connectivity index (χ0n) is 11.6. The fourth-order valence-electron chi connectivity index (χ4n) is 2.59. The summed E-state index contributed by atoms with van der Waals surface area (Å²) in [6.45, 7) is 5.71. The summed E-state index contributed by atoms with van der Waals surface area (Å²) in [7, 11) is 0. The highest BCUT2D eigenvalue weighted by molar-refractivity contribution is 5.85. The second kappa shape index (κ2) is 6.88. The minimum atomic E-state index is 0. The van der Waals surface area contributed by atoms with Gasteiger partial charge in [0.05, 0.1) is 12.7 Å². The first-order valence-electron chi connectivity index (χ1n) is 6.74. The maximum atomic E-state index is 5.60. The van der Waals surface area contributed by atoms with Crippen LogP contribution in [0, 0.1) is 6.92 Å². The summed E-state index contributed by atoms with van der Waals surface area (Å²) >= 11 is 0. The number of nitrogens with one attached hydrogen (secondary N) is 1. The monoisotopic (exact) mass is 293 g/mol. The molecule has 108 valence electrons. The van der Waals surface area contributed by atoms with Crippen molar-refractivity contribution >= 4 is 12.4 Å². The second-order valence-electron chi connectivity index (χ2n) is 4.97. The van der Waals surface area contributed by atoms with E-state index in [2.05, 4.69) is 45.5 Å². The highest BCUT2D eigenvalue weighted by Gasteiger charge is 2.24. The molecule has 3 rings (SSSR count). The van der Waals surface area contributed by atoms with E-state index in [1.807, 2.05) is 6.92 Å². The lowest BCUT2D eigenvalue weighted by Crippen LogP contribution is -2.45. The first kappa shape index (κ1) is 15.0. The summed E-state index contributed by atoms with van der Waals surface area (Å²) < 4.78 is 5.60. The van der Waals surface area contributed by atoms with Gasteiger partial charge in [-0.05, 0) is 12.5 Å². The molecule has 0 spiro atoms. The Kier molecular flexibility index (Phi) is 5.17. The third kappa shape index (κ3) is 3.39. The van der Waals surface area contributed by atoms with Crippen LogP contribution in [0.2, 0.25) is 0 Å². The van der Waals surface area contributed by atoms with E-state index in [1.54, 1.807) is 6.20 Å². The van der Waals surface area contributed by atoms with Gasteiger partial charge in [0.1, 0.15) is 5.76 Å². The number of nitrogens with zero attached hydrogens (tertiary/aromatic N) is 2. The average molecular weight is 294 g/mol. The predicted molar refractivity (Wildman–Crippen MR) is 81.0 cm³/mol. The number of piperazine rings is 1. The number of oxazole rings is 1. The fraction of sp³-hybridized carbons (Fsp3) is 0.400. The summed E-state index contributed by atoms with van der Waals surface area (Å²) in [5.74, 6) is 1.68. The quantitative estimate of drug-likeness (QED) is 0.944. The van der Waals surface area contributed by atoms with Crippen LogP contribution < -0.4 is 5.32 Å². The van der Waals surface area contributed by atoms with E-state index in [-0.39, 0.29) is 12.4 Å². The maximum Gasteiger partial charge on any atom is 0.208 e. The van der Waals surface area contributed by atoms with Crippen LogP contribution in [-0.2, 0) is 6.54 Å². The van der Waals surface area contributed by atoms with Crippen LogP contribution in [0.3, 0.4) is 0 Å². The van der Waals surface area contributed by atoms with Crippen molar-refractivity contribution in [2.75, 3.05) is 19.6 Å². The van der Waals surface area contributed by atoms with Gasteiger partial charge in [-0.2, -0.15) is 0 Å². The van der Waals surface area contributed by atoms with Crippen LogP contribution in [0.4, 0.5) is 0 Å². The van der Waals surface area contributed by atoms with Crippen LogP contribution in [0.1, 0.15) is 23.3 Å². The molecule has 1 aliphatic rings. The van der Waals surface area contributed by atoms with Crippen LogP contribution in [0.5, 0.6) is 0 Å². The Hall–Kier alpha value is -1.36. The normalized spacial score (nSPS) is 19.6. The van der Waals surface area contributed by atoms with E-state index < -0.39 is 0 Å². The topological polar surface area (TPSA) is 41.3 Å². The molecule has 5 heteroatoms. The molecule has 2 heterocycles. The standard InChI is InChI=1S/C15H19N3O.ClH/c1-12-9-17-15(19-12)11-18-8-7-16-10-14(18)13-5-3-2-4-6-13;/h2-6,9,14,16H,7-8,10-11H2,1H3;1H. The van der Waals surface area contributed by atoms with Gasteiger partial charge in [0.15, 0.2) is 0 Å². The predicted octanol–water partition coefficient (Wildman–Crippen LogP) is 2.55. The molecule has 0 aliphatic carbocycles. The van der Waals surface area contributed by atoms with Crippen molar-refractivity contribution in [3.63, 3.8) is 0 Å². The first-order valence-corrected chi connectivity index (χ1v) is 6.74. The lowest BCUT2D eigenvalue weighted by Gasteiger charge is -2.35. The van der Waals surface area contributed by atoms with E-state index >= 15 is 0 Å².